The third kappa shape index (κ3) is 5.32. The van der Waals surface area contributed by atoms with Gasteiger partial charge in [0.1, 0.15) is 4.32 Å². The molecule has 3 rings (SSSR count). The Labute approximate surface area is 181 Å². The van der Waals surface area contributed by atoms with Crippen LogP contribution in [0.3, 0.4) is 0 Å². The molecule has 6 nitrogen and oxygen atoms in total. The van der Waals surface area contributed by atoms with Crippen LogP contribution in [0, 0.1) is 0 Å². The summed E-state index contributed by atoms with van der Waals surface area (Å²) < 4.78 is 35.5. The summed E-state index contributed by atoms with van der Waals surface area (Å²) in [5.74, 6) is 1.16. The van der Waals surface area contributed by atoms with E-state index in [1.54, 1.807) is 6.08 Å². The minimum atomic E-state index is -3.10. The first-order chi connectivity index (χ1) is 13.8. The van der Waals surface area contributed by atoms with Gasteiger partial charge in [0.25, 0.3) is 5.91 Å². The van der Waals surface area contributed by atoms with E-state index < -0.39 is 9.84 Å². The van der Waals surface area contributed by atoms with Crippen LogP contribution in [0.5, 0.6) is 11.5 Å². The quantitative estimate of drug-likeness (QED) is 0.336. The van der Waals surface area contributed by atoms with Crippen molar-refractivity contribution < 1.29 is 22.7 Å². The fourth-order valence-corrected chi connectivity index (χ4v) is 6.35. The topological polar surface area (TPSA) is 72.9 Å². The Kier molecular flexibility index (Phi) is 7.23. The molecule has 2 saturated heterocycles. The van der Waals surface area contributed by atoms with Crippen molar-refractivity contribution in [1.82, 2.24) is 4.90 Å². The van der Waals surface area contributed by atoms with Gasteiger partial charge in [0.05, 0.1) is 35.7 Å². The van der Waals surface area contributed by atoms with Crippen LogP contribution in [-0.2, 0) is 14.6 Å². The molecule has 0 spiro atoms. The summed E-state index contributed by atoms with van der Waals surface area (Å²) in [6, 6.07) is 5.19. The number of hydrogen-bond donors (Lipinski definition) is 0. The maximum absolute atomic E-state index is 12.9. The molecule has 2 aliphatic heterocycles. The summed E-state index contributed by atoms with van der Waals surface area (Å²) in [6.45, 7) is 5.14. The second-order valence-electron chi connectivity index (χ2n) is 6.95. The SMILES string of the molecule is CCCCOc1ccc(/C=C2/SC(=S)N([C@H]3CCS(=O)(=O)C3)C2=O)cc1OCC. The van der Waals surface area contributed by atoms with Gasteiger partial charge in [-0.3, -0.25) is 9.69 Å². The van der Waals surface area contributed by atoms with Gasteiger partial charge in [-0.05, 0) is 43.5 Å². The van der Waals surface area contributed by atoms with Crippen LogP contribution in [0.15, 0.2) is 23.1 Å². The number of hydrogen-bond acceptors (Lipinski definition) is 7. The lowest BCUT2D eigenvalue weighted by atomic mass is 10.1. The van der Waals surface area contributed by atoms with E-state index in [1.165, 1.54) is 16.7 Å². The highest BCUT2D eigenvalue weighted by atomic mass is 32.2. The number of thiocarbonyl (C=S) groups is 1. The second kappa shape index (κ2) is 9.49. The van der Waals surface area contributed by atoms with Crippen molar-refractivity contribution >= 4 is 50.1 Å². The minimum Gasteiger partial charge on any atom is -0.490 e. The van der Waals surface area contributed by atoms with E-state index in [1.807, 2.05) is 25.1 Å². The van der Waals surface area contributed by atoms with Crippen LogP contribution in [0.25, 0.3) is 6.08 Å². The smallest absolute Gasteiger partial charge is 0.266 e. The first kappa shape index (κ1) is 22.1. The molecule has 2 heterocycles. The summed E-state index contributed by atoms with van der Waals surface area (Å²) in [6.07, 6.45) is 4.21. The van der Waals surface area contributed by atoms with Crippen molar-refractivity contribution in [3.05, 3.63) is 28.7 Å². The molecule has 158 valence electrons. The number of ether oxygens (including phenoxy) is 2. The monoisotopic (exact) mass is 455 g/mol. The summed E-state index contributed by atoms with van der Waals surface area (Å²) in [5, 5.41) is 0. The number of rotatable bonds is 8. The first-order valence-corrected chi connectivity index (χ1v) is 12.8. The average Bonchev–Trinajstić information content (AvgIpc) is 3.15. The molecular weight excluding hydrogens is 430 g/mol. The van der Waals surface area contributed by atoms with Gasteiger partial charge in [0.15, 0.2) is 21.3 Å². The standard InChI is InChI=1S/C20H25NO5S3/c1-3-5-9-26-16-7-6-14(11-17(16)25-4-2)12-18-19(22)21(20(27)28-18)15-8-10-29(23,24)13-15/h6-7,11-12,15H,3-5,8-10,13H2,1-2H3/b18-12+/t15-/m0/s1. The molecule has 1 amide bonds. The predicted octanol–water partition coefficient (Wildman–Crippen LogP) is 3.65. The molecular formula is C20H25NO5S3. The van der Waals surface area contributed by atoms with Crippen LogP contribution in [0.1, 0.15) is 38.7 Å². The third-order valence-electron chi connectivity index (χ3n) is 4.72. The number of unbranched alkanes of at least 4 members (excludes halogenated alkanes) is 1. The minimum absolute atomic E-state index is 0.0228. The fraction of sp³-hybridized carbons (Fsp3) is 0.500. The number of carbonyl (C=O) groups is 1. The first-order valence-electron chi connectivity index (χ1n) is 9.71. The summed E-state index contributed by atoms with van der Waals surface area (Å²) in [4.78, 5) is 14.8. The fourth-order valence-electron chi connectivity index (χ4n) is 3.25. The van der Waals surface area contributed by atoms with Crippen LogP contribution in [-0.4, -0.2) is 54.3 Å². The molecule has 2 aliphatic rings. The Hall–Kier alpha value is -1.58. The van der Waals surface area contributed by atoms with Crippen molar-refractivity contribution in [2.24, 2.45) is 0 Å². The maximum atomic E-state index is 12.9. The average molecular weight is 456 g/mol. The normalized spacial score (nSPS) is 22.5. The van der Waals surface area contributed by atoms with Crippen molar-refractivity contribution in [2.45, 2.75) is 39.2 Å². The van der Waals surface area contributed by atoms with E-state index in [0.717, 1.165) is 18.4 Å². The van der Waals surface area contributed by atoms with Gasteiger partial charge in [-0.15, -0.1) is 0 Å². The number of nitrogens with zero attached hydrogens (tertiary/aromatic N) is 1. The van der Waals surface area contributed by atoms with Crippen LogP contribution in [0.2, 0.25) is 0 Å². The van der Waals surface area contributed by atoms with Gasteiger partial charge in [0, 0.05) is 0 Å². The number of thioether (sulfide) groups is 1. The van der Waals surface area contributed by atoms with E-state index in [-0.39, 0.29) is 23.5 Å². The lowest BCUT2D eigenvalue weighted by Gasteiger charge is -2.20. The lowest BCUT2D eigenvalue weighted by Crippen LogP contribution is -2.39. The highest BCUT2D eigenvalue weighted by molar-refractivity contribution is 8.26. The zero-order valence-electron chi connectivity index (χ0n) is 16.5. The number of amides is 1. The van der Waals surface area contributed by atoms with Crippen molar-refractivity contribution in [1.29, 1.82) is 0 Å². The van der Waals surface area contributed by atoms with Gasteiger partial charge in [0.2, 0.25) is 0 Å². The molecule has 1 atom stereocenters. The third-order valence-corrected chi connectivity index (χ3v) is 7.80. The van der Waals surface area contributed by atoms with Gasteiger partial charge < -0.3 is 9.47 Å². The lowest BCUT2D eigenvalue weighted by molar-refractivity contribution is -0.123. The molecule has 0 saturated carbocycles. The highest BCUT2D eigenvalue weighted by Gasteiger charge is 2.42. The molecule has 0 aliphatic carbocycles. The van der Waals surface area contributed by atoms with Crippen molar-refractivity contribution in [3.8, 4) is 11.5 Å². The molecule has 0 aromatic heterocycles. The summed E-state index contributed by atoms with van der Waals surface area (Å²) >= 11 is 6.56. The molecule has 2 fully saturated rings. The van der Waals surface area contributed by atoms with Crippen LogP contribution >= 0.6 is 24.0 Å². The number of sulfone groups is 1. The van der Waals surface area contributed by atoms with Crippen LogP contribution < -0.4 is 9.47 Å². The van der Waals surface area contributed by atoms with Crippen molar-refractivity contribution in [3.63, 3.8) is 0 Å². The highest BCUT2D eigenvalue weighted by Crippen LogP contribution is 2.37. The van der Waals surface area contributed by atoms with E-state index >= 15 is 0 Å². The summed E-state index contributed by atoms with van der Waals surface area (Å²) in [5.41, 5.74) is 0.802. The summed E-state index contributed by atoms with van der Waals surface area (Å²) in [7, 11) is -3.10. The molecule has 0 bridgehead atoms. The maximum Gasteiger partial charge on any atom is 0.266 e. The van der Waals surface area contributed by atoms with Gasteiger partial charge in [-0.2, -0.15) is 0 Å². The molecule has 1 aromatic rings. The van der Waals surface area contributed by atoms with E-state index in [4.69, 9.17) is 21.7 Å². The van der Waals surface area contributed by atoms with E-state index in [9.17, 15) is 13.2 Å². The van der Waals surface area contributed by atoms with Gasteiger partial charge in [-0.1, -0.05) is 43.4 Å². The Morgan fingerprint density at radius 2 is 2.07 bits per heavy atom. The van der Waals surface area contributed by atoms with Crippen molar-refractivity contribution in [2.75, 3.05) is 24.7 Å². The van der Waals surface area contributed by atoms with Gasteiger partial charge >= 0.3 is 0 Å². The molecule has 0 radical (unpaired) electrons. The zero-order valence-corrected chi connectivity index (χ0v) is 19.0. The van der Waals surface area contributed by atoms with E-state index in [0.29, 0.717) is 40.4 Å². The Bertz CT molecular complexity index is 926. The molecule has 9 heteroatoms. The predicted molar refractivity (Wildman–Crippen MR) is 120 cm³/mol. The Balaban J connectivity index is 1.79. The molecule has 0 N–H and O–H groups in total. The van der Waals surface area contributed by atoms with E-state index in [2.05, 4.69) is 6.92 Å². The Morgan fingerprint density at radius 3 is 2.72 bits per heavy atom. The molecule has 0 unspecified atom stereocenters. The second-order valence-corrected chi connectivity index (χ2v) is 10.9. The Morgan fingerprint density at radius 1 is 1.28 bits per heavy atom. The van der Waals surface area contributed by atoms with Crippen LogP contribution in [0.4, 0.5) is 0 Å². The van der Waals surface area contributed by atoms with Gasteiger partial charge in [-0.25, -0.2) is 8.42 Å². The number of benzene rings is 1. The molecule has 29 heavy (non-hydrogen) atoms. The zero-order chi connectivity index (χ0) is 21.0. The largest absolute Gasteiger partial charge is 0.490 e. The molecule has 1 aromatic carbocycles. The number of carbonyl (C=O) groups excluding carboxylic acids is 1.